The van der Waals surface area contributed by atoms with Crippen molar-refractivity contribution in [3.05, 3.63) is 29.4 Å². The number of unbranched alkanes of at least 4 members (excludes halogenated alkanes) is 1. The number of nitrogens with two attached hydrogens (primary N) is 1. The van der Waals surface area contributed by atoms with Gasteiger partial charge in [-0.3, -0.25) is 14.0 Å². The summed E-state index contributed by atoms with van der Waals surface area (Å²) >= 11 is 3.22. The first-order chi connectivity index (χ1) is 15.4. The highest BCUT2D eigenvalue weighted by molar-refractivity contribution is 8.16. The second kappa shape index (κ2) is 10.1. The Morgan fingerprint density at radius 3 is 2.81 bits per heavy atom. The molecular weight excluding hydrogens is 460 g/mol. The predicted octanol–water partition coefficient (Wildman–Crippen LogP) is 4.53. The fraction of sp³-hybridized carbons (Fsp3) is 0.522. The summed E-state index contributed by atoms with van der Waals surface area (Å²) in [5.41, 5.74) is 10.4. The van der Waals surface area contributed by atoms with Gasteiger partial charge in [0.2, 0.25) is 5.91 Å². The zero-order valence-corrected chi connectivity index (χ0v) is 21.2. The van der Waals surface area contributed by atoms with Gasteiger partial charge in [-0.05, 0) is 18.4 Å². The summed E-state index contributed by atoms with van der Waals surface area (Å²) in [6, 6.07) is 0. The van der Waals surface area contributed by atoms with Gasteiger partial charge in [-0.1, -0.05) is 31.6 Å². The molecule has 0 spiro atoms. The summed E-state index contributed by atoms with van der Waals surface area (Å²) in [5, 5.41) is 1.88. The lowest BCUT2D eigenvalue weighted by Crippen LogP contribution is -2.29. The van der Waals surface area contributed by atoms with Crippen molar-refractivity contribution in [1.82, 2.24) is 4.90 Å². The van der Waals surface area contributed by atoms with Crippen molar-refractivity contribution < 1.29 is 9.00 Å². The van der Waals surface area contributed by atoms with Crippen LogP contribution in [0.5, 0.6) is 0 Å². The zero-order valence-electron chi connectivity index (χ0n) is 18.8. The number of nitrogens with zero attached hydrogens (tertiary/aromatic N) is 3. The largest absolute Gasteiger partial charge is 0.397 e. The highest BCUT2D eigenvalue weighted by Gasteiger charge is 2.34. The quantitative estimate of drug-likeness (QED) is 0.608. The Labute approximate surface area is 200 Å². The van der Waals surface area contributed by atoms with Crippen LogP contribution in [0.25, 0.3) is 0 Å². The number of aliphatic imine (C=N–C) groups is 2. The van der Waals surface area contributed by atoms with Gasteiger partial charge in [-0.25, -0.2) is 4.99 Å². The Morgan fingerprint density at radius 2 is 2.19 bits per heavy atom. The lowest BCUT2D eigenvalue weighted by Gasteiger charge is -2.27. The number of carbonyl (C=O) groups is 1. The first-order valence-electron chi connectivity index (χ1n) is 11.1. The van der Waals surface area contributed by atoms with Crippen LogP contribution < -0.4 is 5.73 Å². The minimum absolute atomic E-state index is 0.0428. The van der Waals surface area contributed by atoms with E-state index in [2.05, 4.69) is 24.1 Å². The number of amides is 1. The second-order valence-corrected chi connectivity index (χ2v) is 12.3. The van der Waals surface area contributed by atoms with Crippen LogP contribution in [0.2, 0.25) is 0 Å². The first-order valence-corrected chi connectivity index (χ1v) is 14.2. The summed E-state index contributed by atoms with van der Waals surface area (Å²) < 4.78 is 13.7. The van der Waals surface area contributed by atoms with Crippen molar-refractivity contribution in [2.75, 3.05) is 37.9 Å². The third kappa shape index (κ3) is 4.65. The van der Waals surface area contributed by atoms with Crippen LogP contribution in [0.3, 0.4) is 0 Å². The van der Waals surface area contributed by atoms with Crippen LogP contribution in [0.1, 0.15) is 44.1 Å². The minimum atomic E-state index is -1.11. The van der Waals surface area contributed by atoms with Crippen LogP contribution in [0.15, 0.2) is 38.0 Å². The number of allylic oxidation sites excluding steroid dienone is 3. The van der Waals surface area contributed by atoms with Gasteiger partial charge in [0.15, 0.2) is 0 Å². The van der Waals surface area contributed by atoms with Crippen molar-refractivity contribution in [3.8, 4) is 0 Å². The summed E-state index contributed by atoms with van der Waals surface area (Å²) in [4.78, 5) is 23.6. The van der Waals surface area contributed by atoms with Gasteiger partial charge in [-0.15, -0.1) is 23.1 Å². The molecule has 3 aliphatic rings. The van der Waals surface area contributed by atoms with E-state index in [0.717, 1.165) is 62.7 Å². The highest BCUT2D eigenvalue weighted by Crippen LogP contribution is 2.51. The van der Waals surface area contributed by atoms with Gasteiger partial charge in [0, 0.05) is 50.0 Å². The molecule has 1 aliphatic carbocycles. The molecular formula is C23H30N4O2S3. The number of carbonyl (C=O) groups excluding carboxylic acids is 1. The van der Waals surface area contributed by atoms with E-state index in [1.807, 2.05) is 6.08 Å². The number of hydrogen-bond donors (Lipinski definition) is 1. The van der Waals surface area contributed by atoms with E-state index in [4.69, 9.17) is 10.7 Å². The number of hydrogen-bond acceptors (Lipinski definition) is 7. The number of nitrogen functional groups attached to an aromatic ring is 1. The second-order valence-electron chi connectivity index (χ2n) is 8.41. The fourth-order valence-electron chi connectivity index (χ4n) is 4.18. The average Bonchev–Trinajstić information content (AvgIpc) is 3.45. The zero-order chi connectivity index (χ0) is 22.8. The molecule has 0 saturated heterocycles. The number of thiophene rings is 1. The molecule has 1 amide bonds. The van der Waals surface area contributed by atoms with Crippen LogP contribution >= 0.6 is 23.1 Å². The monoisotopic (exact) mass is 490 g/mol. The van der Waals surface area contributed by atoms with Gasteiger partial charge < -0.3 is 10.6 Å². The third-order valence-electron chi connectivity index (χ3n) is 5.92. The smallest absolute Gasteiger partial charge is 0.229 e. The molecule has 0 aromatic carbocycles. The van der Waals surface area contributed by atoms with E-state index in [-0.39, 0.29) is 17.7 Å². The maximum absolute atomic E-state index is 12.9. The molecule has 0 fully saturated rings. The molecule has 1 aromatic rings. The SMILES string of the molecule is CCCCS(=O)c1sc2c(c1N)C(C1=CCC(C(=O)N(C)C)C=C1)CC(C1=NCCS1)=N2. The van der Waals surface area contributed by atoms with E-state index in [9.17, 15) is 9.00 Å². The van der Waals surface area contributed by atoms with Crippen molar-refractivity contribution in [2.45, 2.75) is 42.7 Å². The van der Waals surface area contributed by atoms with E-state index in [1.165, 1.54) is 11.3 Å². The lowest BCUT2D eigenvalue weighted by molar-refractivity contribution is -0.131. The number of thioether (sulfide) groups is 1. The van der Waals surface area contributed by atoms with Gasteiger partial charge in [0.1, 0.15) is 14.3 Å². The Kier molecular flexibility index (Phi) is 7.37. The van der Waals surface area contributed by atoms with E-state index < -0.39 is 10.8 Å². The maximum Gasteiger partial charge on any atom is 0.229 e. The number of fused-ring (bicyclic) bond motifs is 1. The van der Waals surface area contributed by atoms with Crippen molar-refractivity contribution in [3.63, 3.8) is 0 Å². The molecule has 0 radical (unpaired) electrons. The first kappa shape index (κ1) is 23.4. The van der Waals surface area contributed by atoms with Crippen LogP contribution in [0.4, 0.5) is 10.7 Å². The third-order valence-corrected chi connectivity index (χ3v) is 9.96. The van der Waals surface area contributed by atoms with E-state index in [0.29, 0.717) is 17.9 Å². The van der Waals surface area contributed by atoms with E-state index >= 15 is 0 Å². The molecule has 0 saturated carbocycles. The van der Waals surface area contributed by atoms with Crippen molar-refractivity contribution in [1.29, 1.82) is 0 Å². The molecule has 2 aliphatic heterocycles. The van der Waals surface area contributed by atoms with Crippen molar-refractivity contribution >= 4 is 61.2 Å². The molecule has 6 nitrogen and oxygen atoms in total. The van der Waals surface area contributed by atoms with E-state index in [1.54, 1.807) is 30.8 Å². The Bertz CT molecular complexity index is 1050. The van der Waals surface area contributed by atoms with Gasteiger partial charge >= 0.3 is 0 Å². The highest BCUT2D eigenvalue weighted by atomic mass is 32.2. The Hall–Kier alpha value is -1.71. The summed E-state index contributed by atoms with van der Waals surface area (Å²) in [7, 11) is 2.47. The molecule has 1 aromatic heterocycles. The lowest BCUT2D eigenvalue weighted by atomic mass is 9.81. The molecule has 2 N–H and O–H groups in total. The van der Waals surface area contributed by atoms with Crippen molar-refractivity contribution in [2.24, 2.45) is 15.9 Å². The summed E-state index contributed by atoms with van der Waals surface area (Å²) in [6.07, 6.45) is 9.56. The Morgan fingerprint density at radius 1 is 1.38 bits per heavy atom. The molecule has 9 heteroatoms. The number of rotatable bonds is 7. The maximum atomic E-state index is 12.9. The molecule has 3 unspecified atom stereocenters. The fourth-order valence-corrected chi connectivity index (χ4v) is 7.90. The Balaban J connectivity index is 1.69. The summed E-state index contributed by atoms with van der Waals surface area (Å²) in [6.45, 7) is 2.93. The molecule has 172 valence electrons. The molecule has 0 bridgehead atoms. The average molecular weight is 491 g/mol. The molecule has 3 heterocycles. The van der Waals surface area contributed by atoms with Gasteiger partial charge in [0.25, 0.3) is 0 Å². The molecule has 3 atom stereocenters. The van der Waals surface area contributed by atoms with Crippen LogP contribution in [0, 0.1) is 5.92 Å². The molecule has 4 rings (SSSR count). The molecule has 32 heavy (non-hydrogen) atoms. The topological polar surface area (TPSA) is 88.1 Å². The normalized spacial score (nSPS) is 23.3. The standard InChI is InChI=1S/C23H30N4O2S3/c1-4-5-12-32(29)23-19(24)18-16(14-6-8-15(9-7-14)22(28)27(2)3)13-17(26-21(18)31-23)20-25-10-11-30-20/h6-8,15-16H,4-5,9-13,24H2,1-3H3. The van der Waals surface area contributed by atoms with Crippen LogP contribution in [-0.2, 0) is 15.6 Å². The summed E-state index contributed by atoms with van der Waals surface area (Å²) in [5.74, 6) is 1.64. The van der Waals surface area contributed by atoms with Gasteiger partial charge in [0.05, 0.1) is 28.1 Å². The van der Waals surface area contributed by atoms with Crippen LogP contribution in [-0.4, -0.2) is 57.9 Å². The van der Waals surface area contributed by atoms with Gasteiger partial charge in [-0.2, -0.15) is 0 Å². The predicted molar refractivity (Wildman–Crippen MR) is 138 cm³/mol. The minimum Gasteiger partial charge on any atom is -0.397 e. The number of anilines is 1.